The van der Waals surface area contributed by atoms with E-state index >= 15 is 0 Å². The van der Waals surface area contributed by atoms with E-state index in [4.69, 9.17) is 10.5 Å². The average molecular weight is 296 g/mol. The first-order valence-corrected chi connectivity index (χ1v) is 7.54. The Morgan fingerprint density at radius 3 is 2.50 bits per heavy atom. The molecule has 1 atom stereocenters. The Morgan fingerprint density at radius 2 is 1.86 bits per heavy atom. The number of carbonyl (C=O) groups is 1. The van der Waals surface area contributed by atoms with Gasteiger partial charge in [0.05, 0.1) is 0 Å². The minimum absolute atomic E-state index is 0.0588. The molecule has 0 bridgehead atoms. The Balaban J connectivity index is 1.59. The highest BCUT2D eigenvalue weighted by Crippen LogP contribution is 2.15. The minimum atomic E-state index is 0.0588. The summed E-state index contributed by atoms with van der Waals surface area (Å²) in [5.41, 5.74) is 7.60. The quantitative estimate of drug-likeness (QED) is 0.943. The number of rotatable bonds is 4. The molecule has 1 aliphatic rings. The van der Waals surface area contributed by atoms with Gasteiger partial charge in [-0.3, -0.25) is 4.79 Å². The molecule has 114 valence electrons. The lowest BCUT2D eigenvalue weighted by molar-refractivity contribution is 0.0791. The van der Waals surface area contributed by atoms with Crippen LogP contribution in [0.1, 0.15) is 22.3 Å². The van der Waals surface area contributed by atoms with Crippen molar-refractivity contribution >= 4 is 5.91 Å². The van der Waals surface area contributed by atoms with Crippen LogP contribution in [0.5, 0.6) is 5.75 Å². The number of carbonyl (C=O) groups excluding carboxylic acids is 1. The van der Waals surface area contributed by atoms with E-state index in [2.05, 4.69) is 0 Å². The van der Waals surface area contributed by atoms with Gasteiger partial charge in [-0.15, -0.1) is 0 Å². The maximum Gasteiger partial charge on any atom is 0.253 e. The van der Waals surface area contributed by atoms with Crippen molar-refractivity contribution in [3.63, 3.8) is 0 Å². The maximum atomic E-state index is 12.3. The van der Waals surface area contributed by atoms with Crippen molar-refractivity contribution in [3.8, 4) is 5.75 Å². The molecule has 4 nitrogen and oxygen atoms in total. The summed E-state index contributed by atoms with van der Waals surface area (Å²) in [7, 11) is 0. The fraction of sp³-hybridized carbons (Fsp3) is 0.278. The molecule has 0 radical (unpaired) electrons. The van der Waals surface area contributed by atoms with E-state index in [-0.39, 0.29) is 11.9 Å². The van der Waals surface area contributed by atoms with Gasteiger partial charge in [-0.1, -0.05) is 30.3 Å². The first kappa shape index (κ1) is 14.6. The number of para-hydroxylation sites is 1. The van der Waals surface area contributed by atoms with Gasteiger partial charge in [0.25, 0.3) is 5.91 Å². The highest BCUT2D eigenvalue weighted by Gasteiger charge is 2.24. The van der Waals surface area contributed by atoms with E-state index in [0.29, 0.717) is 18.7 Å². The second kappa shape index (κ2) is 6.62. The number of hydrogen-bond donors (Lipinski definition) is 1. The van der Waals surface area contributed by atoms with Gasteiger partial charge < -0.3 is 15.4 Å². The summed E-state index contributed by atoms with van der Waals surface area (Å²) in [5.74, 6) is 0.900. The summed E-state index contributed by atoms with van der Waals surface area (Å²) in [6.45, 7) is 1.89. The van der Waals surface area contributed by atoms with Gasteiger partial charge in [0, 0.05) is 24.7 Å². The van der Waals surface area contributed by atoms with Crippen molar-refractivity contribution < 1.29 is 9.53 Å². The van der Waals surface area contributed by atoms with Crippen LogP contribution in [0.25, 0.3) is 0 Å². The molecular weight excluding hydrogens is 276 g/mol. The molecule has 2 N–H and O–H groups in total. The molecule has 2 aromatic carbocycles. The van der Waals surface area contributed by atoms with Crippen molar-refractivity contribution in [2.24, 2.45) is 5.73 Å². The zero-order chi connectivity index (χ0) is 15.4. The Hall–Kier alpha value is -2.33. The Bertz CT molecular complexity index is 625. The second-order valence-corrected chi connectivity index (χ2v) is 5.60. The van der Waals surface area contributed by atoms with E-state index in [0.717, 1.165) is 24.3 Å². The van der Waals surface area contributed by atoms with Gasteiger partial charge in [0.2, 0.25) is 0 Å². The van der Waals surface area contributed by atoms with Crippen LogP contribution in [-0.4, -0.2) is 29.9 Å². The Morgan fingerprint density at radius 1 is 1.14 bits per heavy atom. The van der Waals surface area contributed by atoms with Crippen LogP contribution in [0.15, 0.2) is 54.6 Å². The van der Waals surface area contributed by atoms with Crippen LogP contribution in [0.3, 0.4) is 0 Å². The van der Waals surface area contributed by atoms with E-state index in [1.807, 2.05) is 59.5 Å². The Labute approximate surface area is 130 Å². The van der Waals surface area contributed by atoms with E-state index < -0.39 is 0 Å². The third kappa shape index (κ3) is 3.46. The number of amides is 1. The second-order valence-electron chi connectivity index (χ2n) is 5.60. The zero-order valence-electron chi connectivity index (χ0n) is 12.4. The molecule has 0 aromatic heterocycles. The monoisotopic (exact) mass is 296 g/mol. The normalized spacial score (nSPS) is 17.5. The summed E-state index contributed by atoms with van der Waals surface area (Å²) < 4.78 is 5.69. The highest BCUT2D eigenvalue weighted by molar-refractivity contribution is 5.94. The van der Waals surface area contributed by atoms with Gasteiger partial charge in [0.1, 0.15) is 12.4 Å². The molecule has 1 amide bonds. The average Bonchev–Trinajstić information content (AvgIpc) is 3.00. The summed E-state index contributed by atoms with van der Waals surface area (Å²) in [6.07, 6.45) is 0.884. The molecule has 2 aromatic rings. The molecule has 22 heavy (non-hydrogen) atoms. The number of nitrogens with two attached hydrogens (primary N) is 1. The van der Waals surface area contributed by atoms with E-state index in [1.165, 1.54) is 0 Å². The minimum Gasteiger partial charge on any atom is -0.489 e. The van der Waals surface area contributed by atoms with Gasteiger partial charge in [0.15, 0.2) is 0 Å². The van der Waals surface area contributed by atoms with Crippen molar-refractivity contribution in [2.45, 2.75) is 19.1 Å². The fourth-order valence-corrected chi connectivity index (χ4v) is 2.58. The van der Waals surface area contributed by atoms with Gasteiger partial charge in [-0.05, 0) is 36.2 Å². The number of benzene rings is 2. The van der Waals surface area contributed by atoms with Gasteiger partial charge in [-0.2, -0.15) is 0 Å². The number of hydrogen-bond acceptors (Lipinski definition) is 3. The largest absolute Gasteiger partial charge is 0.489 e. The SMILES string of the molecule is N[C@H]1CCN(C(=O)c2ccc(COc3ccccc3)cc2)C1. The molecule has 0 spiro atoms. The molecule has 4 heteroatoms. The zero-order valence-corrected chi connectivity index (χ0v) is 12.4. The molecular formula is C18H20N2O2. The lowest BCUT2D eigenvalue weighted by atomic mass is 10.1. The predicted molar refractivity (Wildman–Crippen MR) is 85.7 cm³/mol. The third-order valence-electron chi connectivity index (χ3n) is 3.86. The van der Waals surface area contributed by atoms with Gasteiger partial charge >= 0.3 is 0 Å². The number of ether oxygens (including phenoxy) is 1. The van der Waals surface area contributed by atoms with Crippen LogP contribution in [-0.2, 0) is 6.61 Å². The Kier molecular flexibility index (Phi) is 4.39. The number of likely N-dealkylation sites (tertiary alicyclic amines) is 1. The summed E-state index contributed by atoms with van der Waals surface area (Å²) >= 11 is 0. The summed E-state index contributed by atoms with van der Waals surface area (Å²) in [5, 5.41) is 0. The standard InChI is InChI=1S/C18H20N2O2/c19-16-10-11-20(12-16)18(21)15-8-6-14(7-9-15)13-22-17-4-2-1-3-5-17/h1-9,16H,10-13,19H2/t16-/m0/s1. The van der Waals surface area contributed by atoms with Crippen LogP contribution in [0.4, 0.5) is 0 Å². The van der Waals surface area contributed by atoms with Crippen molar-refractivity contribution in [2.75, 3.05) is 13.1 Å². The van der Waals surface area contributed by atoms with Crippen molar-refractivity contribution in [1.82, 2.24) is 4.90 Å². The van der Waals surface area contributed by atoms with E-state index in [9.17, 15) is 4.79 Å². The molecule has 0 saturated carbocycles. The molecule has 1 fully saturated rings. The van der Waals surface area contributed by atoms with Crippen LogP contribution < -0.4 is 10.5 Å². The topological polar surface area (TPSA) is 55.6 Å². The molecule has 0 unspecified atom stereocenters. The molecule has 1 aliphatic heterocycles. The van der Waals surface area contributed by atoms with Crippen LogP contribution in [0, 0.1) is 0 Å². The summed E-state index contributed by atoms with van der Waals surface area (Å²) in [6, 6.07) is 17.4. The third-order valence-corrected chi connectivity index (χ3v) is 3.86. The predicted octanol–water partition coefficient (Wildman–Crippen LogP) is 2.44. The fourth-order valence-electron chi connectivity index (χ4n) is 2.58. The first-order valence-electron chi connectivity index (χ1n) is 7.54. The van der Waals surface area contributed by atoms with E-state index in [1.54, 1.807) is 0 Å². The van der Waals surface area contributed by atoms with Crippen molar-refractivity contribution in [3.05, 3.63) is 65.7 Å². The highest BCUT2D eigenvalue weighted by atomic mass is 16.5. The molecule has 3 rings (SSSR count). The van der Waals surface area contributed by atoms with Crippen molar-refractivity contribution in [1.29, 1.82) is 0 Å². The lowest BCUT2D eigenvalue weighted by Gasteiger charge is -2.16. The smallest absolute Gasteiger partial charge is 0.253 e. The van der Waals surface area contributed by atoms with Gasteiger partial charge in [-0.25, -0.2) is 0 Å². The maximum absolute atomic E-state index is 12.3. The number of nitrogens with zero attached hydrogens (tertiary/aromatic N) is 1. The first-order chi connectivity index (χ1) is 10.7. The van der Waals surface area contributed by atoms with Crippen LogP contribution in [0.2, 0.25) is 0 Å². The molecule has 1 heterocycles. The molecule has 0 aliphatic carbocycles. The summed E-state index contributed by atoms with van der Waals surface area (Å²) in [4.78, 5) is 14.1. The lowest BCUT2D eigenvalue weighted by Crippen LogP contribution is -2.31. The van der Waals surface area contributed by atoms with Crippen LogP contribution >= 0.6 is 0 Å². The molecule has 1 saturated heterocycles.